The molecule has 0 N–H and O–H groups in total. The molecule has 12 rings (SSSR count). The molecule has 2 spiro atoms. The molecule has 6 unspecified atom stereocenters. The highest BCUT2D eigenvalue weighted by Gasteiger charge is 2.85. The monoisotopic (exact) mass is 747 g/mol. The second kappa shape index (κ2) is 10.9. The molecule has 57 heavy (non-hydrogen) atoms. The van der Waals surface area contributed by atoms with Crippen LogP contribution >= 0.6 is 0 Å². The summed E-state index contributed by atoms with van der Waals surface area (Å²) in [4.78, 5) is 2.84. The Bertz CT molecular complexity index is 2450. The van der Waals surface area contributed by atoms with E-state index in [0.29, 0.717) is 5.41 Å². The van der Waals surface area contributed by atoms with Gasteiger partial charge in [0.2, 0.25) is 0 Å². The lowest BCUT2D eigenvalue weighted by atomic mass is 9.26. The highest BCUT2D eigenvalue weighted by atomic mass is 15.2. The summed E-state index contributed by atoms with van der Waals surface area (Å²) in [6.07, 6.45) is 10.6. The van der Waals surface area contributed by atoms with Crippen LogP contribution in [0.25, 0.3) is 22.3 Å². The minimum absolute atomic E-state index is 0.0417. The summed E-state index contributed by atoms with van der Waals surface area (Å²) in [6.45, 7) is 20.1. The average Bonchev–Trinajstić information content (AvgIpc) is 3.83. The molecule has 0 heterocycles. The van der Waals surface area contributed by atoms with E-state index in [4.69, 9.17) is 0 Å². The SMILES string of the molecule is CC1(C)CCC(C)(C)c2c(N(c3ccc(-c4ccccc4)c4c3-c3ccccc3C43C4CC5CC6CC3C64C5)c3cccc4c3C(C)(C)CCC4(C)C)cccc21. The second-order valence-corrected chi connectivity index (χ2v) is 22.6. The molecule has 0 saturated heterocycles. The molecular weight excluding hydrogens is 687 g/mol. The fourth-order valence-electron chi connectivity index (χ4n) is 15.6. The molecule has 1 heteroatoms. The Morgan fingerprint density at radius 2 is 1.02 bits per heavy atom. The molecule has 6 atom stereocenters. The van der Waals surface area contributed by atoms with Gasteiger partial charge in [0.05, 0.1) is 17.1 Å². The summed E-state index contributed by atoms with van der Waals surface area (Å²) in [5, 5.41) is 0. The van der Waals surface area contributed by atoms with Crippen molar-refractivity contribution < 1.29 is 0 Å². The lowest BCUT2D eigenvalue weighted by molar-refractivity contribution is -0.231. The highest BCUT2D eigenvalue weighted by molar-refractivity contribution is 6.01. The van der Waals surface area contributed by atoms with Crippen LogP contribution in [0.2, 0.25) is 0 Å². The molecule has 0 radical (unpaired) electrons. The average molecular weight is 748 g/mol. The first-order chi connectivity index (χ1) is 27.2. The van der Waals surface area contributed by atoms with Crippen molar-refractivity contribution in [1.29, 1.82) is 0 Å². The third-order valence-corrected chi connectivity index (χ3v) is 18.2. The molecule has 5 aromatic rings. The van der Waals surface area contributed by atoms with E-state index in [1.54, 1.807) is 22.3 Å². The maximum atomic E-state index is 2.84. The number of hydrogen-bond acceptors (Lipinski definition) is 1. The van der Waals surface area contributed by atoms with E-state index in [1.165, 1.54) is 102 Å². The Hall–Kier alpha value is -4.10. The molecule has 7 aliphatic carbocycles. The Balaban J connectivity index is 1.22. The summed E-state index contributed by atoms with van der Waals surface area (Å²) >= 11 is 0. The minimum atomic E-state index is 0.0417. The third-order valence-electron chi connectivity index (χ3n) is 18.2. The van der Waals surface area contributed by atoms with Crippen molar-refractivity contribution in [3.63, 3.8) is 0 Å². The number of anilines is 3. The maximum Gasteiger partial charge on any atom is 0.0543 e. The van der Waals surface area contributed by atoms with Crippen LogP contribution in [-0.4, -0.2) is 0 Å². The van der Waals surface area contributed by atoms with E-state index in [1.807, 2.05) is 0 Å². The van der Waals surface area contributed by atoms with E-state index >= 15 is 0 Å². The quantitative estimate of drug-likeness (QED) is 0.177. The van der Waals surface area contributed by atoms with E-state index in [0.717, 1.165) is 23.7 Å². The molecule has 0 amide bonds. The molecule has 4 fully saturated rings. The molecule has 5 aromatic carbocycles. The van der Waals surface area contributed by atoms with Crippen molar-refractivity contribution in [1.82, 2.24) is 0 Å². The predicted octanol–water partition coefficient (Wildman–Crippen LogP) is 14.9. The minimum Gasteiger partial charge on any atom is -0.309 e. The molecule has 290 valence electrons. The van der Waals surface area contributed by atoms with Gasteiger partial charge in [-0.15, -0.1) is 0 Å². The summed E-state index contributed by atoms with van der Waals surface area (Å²) < 4.78 is 0. The third kappa shape index (κ3) is 4.13. The van der Waals surface area contributed by atoms with E-state index in [-0.39, 0.29) is 27.1 Å². The summed E-state index contributed by atoms with van der Waals surface area (Å²) in [5.74, 6) is 3.36. The first kappa shape index (κ1) is 34.9. The smallest absolute Gasteiger partial charge is 0.0543 e. The van der Waals surface area contributed by atoms with E-state index < -0.39 is 0 Å². The van der Waals surface area contributed by atoms with Gasteiger partial charge in [-0.1, -0.05) is 140 Å². The highest BCUT2D eigenvalue weighted by Crippen LogP contribution is 2.90. The van der Waals surface area contributed by atoms with Crippen molar-refractivity contribution in [3.05, 3.63) is 137 Å². The van der Waals surface area contributed by atoms with Gasteiger partial charge >= 0.3 is 0 Å². The zero-order valence-electron chi connectivity index (χ0n) is 35.7. The zero-order valence-corrected chi connectivity index (χ0v) is 35.7. The number of nitrogens with zero attached hydrogens (tertiary/aromatic N) is 1. The number of fused-ring (bicyclic) bond motifs is 10. The van der Waals surface area contributed by atoms with Gasteiger partial charge in [-0.2, -0.15) is 0 Å². The van der Waals surface area contributed by atoms with Crippen LogP contribution in [0.1, 0.15) is 140 Å². The van der Waals surface area contributed by atoms with Crippen LogP contribution in [0.15, 0.2) is 103 Å². The molecular formula is C56H61N. The first-order valence-electron chi connectivity index (χ1n) is 22.6. The summed E-state index contributed by atoms with van der Waals surface area (Å²) in [6, 6.07) is 41.2. The Labute approximate surface area is 342 Å². The van der Waals surface area contributed by atoms with Crippen molar-refractivity contribution >= 4 is 17.1 Å². The molecule has 0 aliphatic heterocycles. The molecule has 1 nitrogen and oxygen atoms in total. The van der Waals surface area contributed by atoms with Crippen LogP contribution in [0.4, 0.5) is 17.1 Å². The molecule has 2 bridgehead atoms. The van der Waals surface area contributed by atoms with Gasteiger partial charge in [-0.3, -0.25) is 0 Å². The second-order valence-electron chi connectivity index (χ2n) is 22.6. The topological polar surface area (TPSA) is 3.24 Å². The van der Waals surface area contributed by atoms with E-state index in [2.05, 4.69) is 163 Å². The van der Waals surface area contributed by atoms with E-state index in [9.17, 15) is 0 Å². The zero-order chi connectivity index (χ0) is 39.1. The standard InChI is InChI=1S/C56H61N/c1-51(2)26-28-53(5,6)49-40(51)20-14-22-43(49)57(44-23-15-21-41-50(44)54(7,8)29-27-52(41,3)4)42-25-24-37(35-16-10-9-11-17-35)48-47(42)38-18-12-13-19-39(38)56(48)45-31-34-30-36-32-46(56)55(36,45)33-34/h9-25,34,36,45-46H,26-33H2,1-8H3. The number of hydrogen-bond donors (Lipinski definition) is 0. The maximum absolute atomic E-state index is 2.84. The van der Waals surface area contributed by atoms with Gasteiger partial charge < -0.3 is 4.90 Å². The Morgan fingerprint density at radius 3 is 1.65 bits per heavy atom. The Kier molecular flexibility index (Phi) is 6.69. The fraction of sp³-hybridized carbons (Fsp3) is 0.464. The van der Waals surface area contributed by atoms with Gasteiger partial charge in [0.15, 0.2) is 0 Å². The summed E-state index contributed by atoms with van der Waals surface area (Å²) in [7, 11) is 0. The number of benzene rings is 5. The largest absolute Gasteiger partial charge is 0.309 e. The predicted molar refractivity (Wildman–Crippen MR) is 238 cm³/mol. The van der Waals surface area contributed by atoms with Crippen molar-refractivity contribution in [2.24, 2.45) is 29.1 Å². The van der Waals surface area contributed by atoms with Gasteiger partial charge in [-0.05, 0) is 170 Å². The molecule has 0 aromatic heterocycles. The van der Waals surface area contributed by atoms with Crippen LogP contribution in [-0.2, 0) is 27.1 Å². The van der Waals surface area contributed by atoms with Crippen LogP contribution < -0.4 is 4.90 Å². The lowest BCUT2D eigenvalue weighted by Crippen LogP contribution is -2.73. The van der Waals surface area contributed by atoms with Gasteiger partial charge in [0, 0.05) is 11.0 Å². The van der Waals surface area contributed by atoms with Crippen molar-refractivity contribution in [2.75, 3.05) is 4.90 Å². The molecule has 4 saturated carbocycles. The molecule has 7 aliphatic rings. The number of rotatable bonds is 4. The van der Waals surface area contributed by atoms with Crippen LogP contribution in [0, 0.1) is 29.1 Å². The normalized spacial score (nSPS) is 31.6. The Morgan fingerprint density at radius 1 is 0.456 bits per heavy atom. The van der Waals surface area contributed by atoms with Crippen molar-refractivity contribution in [3.8, 4) is 22.3 Å². The van der Waals surface area contributed by atoms with Crippen LogP contribution in [0.5, 0.6) is 0 Å². The first-order valence-corrected chi connectivity index (χ1v) is 22.6. The van der Waals surface area contributed by atoms with Crippen molar-refractivity contribution in [2.45, 2.75) is 134 Å². The van der Waals surface area contributed by atoms with Gasteiger partial charge in [0.1, 0.15) is 0 Å². The summed E-state index contributed by atoms with van der Waals surface area (Å²) in [5.41, 5.74) is 20.5. The van der Waals surface area contributed by atoms with Crippen LogP contribution in [0.3, 0.4) is 0 Å². The fourth-order valence-corrected chi connectivity index (χ4v) is 15.6. The lowest BCUT2D eigenvalue weighted by Gasteiger charge is -2.76. The van der Waals surface area contributed by atoms with Gasteiger partial charge in [-0.25, -0.2) is 0 Å². The van der Waals surface area contributed by atoms with Gasteiger partial charge in [0.25, 0.3) is 0 Å².